The number of halogens is 5. The van der Waals surface area contributed by atoms with Gasteiger partial charge in [0.25, 0.3) is 0 Å². The van der Waals surface area contributed by atoms with Crippen LogP contribution in [0.2, 0.25) is 5.02 Å². The molecule has 3 heterocycles. The van der Waals surface area contributed by atoms with Crippen molar-refractivity contribution in [2.24, 2.45) is 0 Å². The zero-order valence-electron chi connectivity index (χ0n) is 20.7. The lowest BCUT2D eigenvalue weighted by Crippen LogP contribution is -2.49. The quantitative estimate of drug-likeness (QED) is 0.428. The molecule has 15 heteroatoms. The maximum atomic E-state index is 14.7. The van der Waals surface area contributed by atoms with Gasteiger partial charge in [-0.05, 0) is 38.2 Å². The summed E-state index contributed by atoms with van der Waals surface area (Å²) in [7, 11) is 0.268. The fourth-order valence-corrected chi connectivity index (χ4v) is 5.31. The van der Waals surface area contributed by atoms with Gasteiger partial charge in [-0.1, -0.05) is 17.7 Å². The number of aromatic nitrogens is 4. The van der Waals surface area contributed by atoms with Crippen LogP contribution < -0.4 is 5.32 Å². The Morgan fingerprint density at radius 2 is 1.97 bits per heavy atom. The van der Waals surface area contributed by atoms with Crippen LogP contribution >= 0.6 is 11.6 Å². The maximum absolute atomic E-state index is 14.7. The standard InChI is InChI=1S/C23H26ClF4N7O2S/c1-33(2)10-14-4-5-20(16(24)8-14)34-12-19(30-13-34)21-15(23(26,27)28)9-29-22(32-21)31-18-6-7-35(11-17(18)25)38(3,36)37/h4-5,8-9,12-13,17-18H,6-7,10-11H2,1-3H3,(H,29,31,32)/t17-,18+/m1/s1. The molecule has 1 saturated heterocycles. The lowest BCUT2D eigenvalue weighted by Gasteiger charge is -2.33. The number of anilines is 1. The number of nitrogens with zero attached hydrogens (tertiary/aromatic N) is 6. The van der Waals surface area contributed by atoms with Gasteiger partial charge in [-0.3, -0.25) is 0 Å². The zero-order chi connectivity index (χ0) is 27.8. The Hall–Kier alpha value is -2.81. The van der Waals surface area contributed by atoms with Crippen LogP contribution in [0, 0.1) is 0 Å². The Kier molecular flexibility index (Phi) is 7.98. The van der Waals surface area contributed by atoms with E-state index in [1.165, 1.54) is 17.1 Å². The van der Waals surface area contributed by atoms with Gasteiger partial charge in [0.2, 0.25) is 16.0 Å². The fourth-order valence-electron chi connectivity index (χ4n) is 4.16. The van der Waals surface area contributed by atoms with E-state index >= 15 is 0 Å². The Morgan fingerprint density at radius 1 is 1.24 bits per heavy atom. The first-order chi connectivity index (χ1) is 17.7. The molecule has 0 spiro atoms. The second-order valence-corrected chi connectivity index (χ2v) is 11.7. The van der Waals surface area contributed by atoms with Crippen LogP contribution in [0.3, 0.4) is 0 Å². The minimum absolute atomic E-state index is 0.0584. The Bertz CT molecular complexity index is 1410. The van der Waals surface area contributed by atoms with E-state index in [9.17, 15) is 26.0 Å². The molecule has 9 nitrogen and oxygen atoms in total. The van der Waals surface area contributed by atoms with Crippen molar-refractivity contribution in [2.75, 3.05) is 38.8 Å². The summed E-state index contributed by atoms with van der Waals surface area (Å²) in [5.41, 5.74) is -0.197. The van der Waals surface area contributed by atoms with Crippen molar-refractivity contribution >= 4 is 27.6 Å². The molecule has 1 fully saturated rings. The fraction of sp³-hybridized carbons (Fsp3) is 0.435. The number of benzene rings is 1. The van der Waals surface area contributed by atoms with Crippen LogP contribution in [-0.2, 0) is 22.7 Å². The van der Waals surface area contributed by atoms with Crippen molar-refractivity contribution in [3.63, 3.8) is 0 Å². The average Bonchev–Trinajstić information content (AvgIpc) is 3.28. The van der Waals surface area contributed by atoms with Gasteiger partial charge in [-0.2, -0.15) is 17.5 Å². The molecule has 0 bridgehead atoms. The highest BCUT2D eigenvalue weighted by molar-refractivity contribution is 7.88. The van der Waals surface area contributed by atoms with Crippen molar-refractivity contribution in [2.45, 2.75) is 31.4 Å². The van der Waals surface area contributed by atoms with E-state index in [1.54, 1.807) is 12.1 Å². The first kappa shape index (κ1) is 28.2. The van der Waals surface area contributed by atoms with Gasteiger partial charge in [0.05, 0.1) is 23.0 Å². The highest BCUT2D eigenvalue weighted by Crippen LogP contribution is 2.36. The summed E-state index contributed by atoms with van der Waals surface area (Å²) in [6.07, 6.45) is -1.98. The highest BCUT2D eigenvalue weighted by atomic mass is 35.5. The summed E-state index contributed by atoms with van der Waals surface area (Å²) in [4.78, 5) is 13.9. The molecule has 1 N–H and O–H groups in total. The number of nitrogens with one attached hydrogen (secondary N) is 1. The van der Waals surface area contributed by atoms with Crippen molar-refractivity contribution in [1.29, 1.82) is 0 Å². The molecule has 2 atom stereocenters. The topological polar surface area (TPSA) is 96.3 Å². The minimum Gasteiger partial charge on any atom is -0.348 e. The normalized spacial score (nSPS) is 19.2. The van der Waals surface area contributed by atoms with E-state index in [2.05, 4.69) is 20.3 Å². The van der Waals surface area contributed by atoms with Crippen LogP contribution in [-0.4, -0.2) is 82.8 Å². The van der Waals surface area contributed by atoms with Crippen LogP contribution in [0.1, 0.15) is 17.5 Å². The summed E-state index contributed by atoms with van der Waals surface area (Å²) >= 11 is 6.43. The summed E-state index contributed by atoms with van der Waals surface area (Å²) in [5.74, 6) is -0.228. The second kappa shape index (κ2) is 10.8. The van der Waals surface area contributed by atoms with Crippen molar-refractivity contribution in [3.8, 4) is 17.1 Å². The molecule has 206 valence electrons. The maximum Gasteiger partial charge on any atom is 0.420 e. The van der Waals surface area contributed by atoms with E-state index in [0.717, 1.165) is 16.1 Å². The van der Waals surface area contributed by atoms with Gasteiger partial charge in [-0.25, -0.2) is 27.8 Å². The third-order valence-corrected chi connectivity index (χ3v) is 7.57. The number of rotatable bonds is 7. The predicted octanol–water partition coefficient (Wildman–Crippen LogP) is 3.85. The van der Waals surface area contributed by atoms with Gasteiger partial charge in [0.15, 0.2) is 0 Å². The summed E-state index contributed by atoms with van der Waals surface area (Å²) in [5, 5.41) is 3.11. The van der Waals surface area contributed by atoms with E-state index in [1.807, 2.05) is 25.1 Å². The molecular weight excluding hydrogens is 550 g/mol. The van der Waals surface area contributed by atoms with Gasteiger partial charge in [0, 0.05) is 32.0 Å². The molecule has 4 rings (SSSR count). The molecule has 0 aliphatic carbocycles. The van der Waals surface area contributed by atoms with E-state index in [4.69, 9.17) is 11.6 Å². The number of alkyl halides is 4. The van der Waals surface area contributed by atoms with Crippen LogP contribution in [0.4, 0.5) is 23.5 Å². The molecular formula is C23H26ClF4N7O2S. The summed E-state index contributed by atoms with van der Waals surface area (Å²) in [6, 6.07) is 4.49. The molecule has 2 aromatic heterocycles. The van der Waals surface area contributed by atoms with E-state index < -0.39 is 39.7 Å². The lowest BCUT2D eigenvalue weighted by atomic mass is 10.1. The van der Waals surface area contributed by atoms with Crippen molar-refractivity contribution in [1.82, 2.24) is 28.7 Å². The monoisotopic (exact) mass is 575 g/mol. The molecule has 38 heavy (non-hydrogen) atoms. The van der Waals surface area contributed by atoms with E-state index in [0.29, 0.717) is 23.5 Å². The molecule has 0 amide bonds. The third kappa shape index (κ3) is 6.42. The third-order valence-electron chi connectivity index (χ3n) is 6.00. The summed E-state index contributed by atoms with van der Waals surface area (Å²) < 4.78 is 82.0. The number of hydrogen-bond donors (Lipinski definition) is 1. The number of sulfonamides is 1. The lowest BCUT2D eigenvalue weighted by molar-refractivity contribution is -0.137. The molecule has 0 unspecified atom stereocenters. The van der Waals surface area contributed by atoms with Crippen LogP contribution in [0.15, 0.2) is 36.9 Å². The Morgan fingerprint density at radius 3 is 2.58 bits per heavy atom. The number of hydrogen-bond acceptors (Lipinski definition) is 7. The Balaban J connectivity index is 1.62. The highest BCUT2D eigenvalue weighted by Gasteiger charge is 2.37. The van der Waals surface area contributed by atoms with Crippen LogP contribution in [0.5, 0.6) is 0 Å². The minimum atomic E-state index is -4.77. The smallest absolute Gasteiger partial charge is 0.348 e. The molecule has 1 aliphatic rings. The molecule has 1 aliphatic heterocycles. The van der Waals surface area contributed by atoms with Gasteiger partial charge >= 0.3 is 6.18 Å². The van der Waals surface area contributed by atoms with Crippen molar-refractivity contribution < 1.29 is 26.0 Å². The van der Waals surface area contributed by atoms with Gasteiger partial charge in [-0.15, -0.1) is 0 Å². The number of imidazole rings is 1. The van der Waals surface area contributed by atoms with Crippen molar-refractivity contribution in [3.05, 3.63) is 53.1 Å². The SMILES string of the molecule is CN(C)Cc1ccc(-n2cnc(-c3nc(N[C@H]4CCN(S(C)(=O)=O)C[C@H]4F)ncc3C(F)(F)F)c2)c(Cl)c1. The van der Waals surface area contributed by atoms with Gasteiger partial charge < -0.3 is 14.8 Å². The average molecular weight is 576 g/mol. The van der Waals surface area contributed by atoms with E-state index in [-0.39, 0.29) is 31.2 Å². The zero-order valence-corrected chi connectivity index (χ0v) is 22.3. The van der Waals surface area contributed by atoms with Gasteiger partial charge in [0.1, 0.15) is 29.5 Å². The van der Waals surface area contributed by atoms with Crippen LogP contribution in [0.25, 0.3) is 17.1 Å². The second-order valence-electron chi connectivity index (χ2n) is 9.32. The molecule has 0 saturated carbocycles. The molecule has 3 aromatic rings. The number of piperidine rings is 1. The first-order valence-electron chi connectivity index (χ1n) is 11.5. The summed E-state index contributed by atoms with van der Waals surface area (Å²) in [6.45, 7) is 0.346. The molecule has 1 aromatic carbocycles. The predicted molar refractivity (Wildman–Crippen MR) is 135 cm³/mol. The molecule has 0 radical (unpaired) electrons. The first-order valence-corrected chi connectivity index (χ1v) is 13.7. The largest absolute Gasteiger partial charge is 0.420 e. The Labute approximate surface area is 222 Å².